The third kappa shape index (κ3) is 3.90. The minimum atomic E-state index is -0.640. The van der Waals surface area contributed by atoms with E-state index in [1.807, 2.05) is 32.0 Å². The number of fused-ring (bicyclic) bond motifs is 1. The molecule has 0 atom stereocenters. The van der Waals surface area contributed by atoms with Gasteiger partial charge in [0.1, 0.15) is 5.82 Å². The van der Waals surface area contributed by atoms with Crippen LogP contribution in [0.25, 0.3) is 11.0 Å². The number of nitrogens with zero attached hydrogens (tertiary/aromatic N) is 3. The Kier molecular flexibility index (Phi) is 4.76. The molecular formula is C21H28N4O2. The van der Waals surface area contributed by atoms with Crippen LogP contribution in [0.1, 0.15) is 56.3 Å². The van der Waals surface area contributed by atoms with E-state index in [9.17, 15) is 9.90 Å². The monoisotopic (exact) mass is 368 g/mol. The van der Waals surface area contributed by atoms with E-state index in [4.69, 9.17) is 0 Å². The predicted octanol–water partition coefficient (Wildman–Crippen LogP) is 2.90. The van der Waals surface area contributed by atoms with Gasteiger partial charge in [0.2, 0.25) is 0 Å². The molecule has 6 heteroatoms. The van der Waals surface area contributed by atoms with Gasteiger partial charge < -0.3 is 15.3 Å². The Hall–Kier alpha value is -2.21. The number of carbonyl (C=O) groups excluding carboxylic acids is 1. The Morgan fingerprint density at radius 1 is 1.22 bits per heavy atom. The first-order valence-electron chi connectivity index (χ1n) is 9.95. The maximum absolute atomic E-state index is 12.6. The Morgan fingerprint density at radius 3 is 2.59 bits per heavy atom. The van der Waals surface area contributed by atoms with E-state index < -0.39 is 5.60 Å². The third-order valence-corrected chi connectivity index (χ3v) is 6.03. The van der Waals surface area contributed by atoms with Crippen molar-refractivity contribution in [2.24, 2.45) is 5.92 Å². The van der Waals surface area contributed by atoms with Gasteiger partial charge in [-0.1, -0.05) is 0 Å². The summed E-state index contributed by atoms with van der Waals surface area (Å²) in [4.78, 5) is 23.9. The van der Waals surface area contributed by atoms with Gasteiger partial charge in [-0.25, -0.2) is 9.97 Å². The molecule has 144 valence electrons. The standard InChI is InChI=1S/C21H28N4O2/c1-21(2,27)16-5-7-17(8-6-16)23-20(26)15-12-14-4-9-18(25-10-3-11-25)24-19(14)22-13-15/h4,9,12-13,16-17,27H,3,5-8,10-11H2,1-2H3,(H,23,26). The minimum Gasteiger partial charge on any atom is -0.390 e. The number of anilines is 1. The smallest absolute Gasteiger partial charge is 0.253 e. The van der Waals surface area contributed by atoms with E-state index in [2.05, 4.69) is 20.2 Å². The van der Waals surface area contributed by atoms with E-state index in [0.717, 1.165) is 50.0 Å². The zero-order valence-electron chi connectivity index (χ0n) is 16.1. The Labute approximate surface area is 160 Å². The molecule has 0 unspecified atom stereocenters. The van der Waals surface area contributed by atoms with Crippen LogP contribution in [0.15, 0.2) is 24.4 Å². The molecule has 1 saturated heterocycles. The van der Waals surface area contributed by atoms with Gasteiger partial charge in [-0.05, 0) is 70.1 Å². The molecule has 1 amide bonds. The zero-order chi connectivity index (χ0) is 19.0. The van der Waals surface area contributed by atoms with Crippen molar-refractivity contribution in [1.29, 1.82) is 0 Å². The van der Waals surface area contributed by atoms with Gasteiger partial charge in [0.05, 0.1) is 11.2 Å². The van der Waals surface area contributed by atoms with Gasteiger partial charge in [-0.2, -0.15) is 0 Å². The van der Waals surface area contributed by atoms with Gasteiger partial charge in [-0.15, -0.1) is 0 Å². The molecule has 6 nitrogen and oxygen atoms in total. The van der Waals surface area contributed by atoms with Crippen molar-refractivity contribution in [2.45, 2.75) is 57.6 Å². The molecule has 3 heterocycles. The van der Waals surface area contributed by atoms with Crippen LogP contribution in [-0.4, -0.2) is 45.7 Å². The fourth-order valence-electron chi connectivity index (χ4n) is 4.06. The van der Waals surface area contributed by atoms with Crippen molar-refractivity contribution in [3.05, 3.63) is 30.0 Å². The summed E-state index contributed by atoms with van der Waals surface area (Å²) < 4.78 is 0. The van der Waals surface area contributed by atoms with Crippen LogP contribution in [0.2, 0.25) is 0 Å². The third-order valence-electron chi connectivity index (χ3n) is 6.03. The van der Waals surface area contributed by atoms with Crippen LogP contribution in [0.3, 0.4) is 0 Å². The number of nitrogens with one attached hydrogen (secondary N) is 1. The van der Waals surface area contributed by atoms with Crippen LogP contribution >= 0.6 is 0 Å². The molecule has 0 bridgehead atoms. The lowest BCUT2D eigenvalue weighted by Gasteiger charge is -2.36. The van der Waals surface area contributed by atoms with Crippen molar-refractivity contribution < 1.29 is 9.90 Å². The second-order valence-electron chi connectivity index (χ2n) is 8.46. The highest BCUT2D eigenvalue weighted by Gasteiger charge is 2.31. The summed E-state index contributed by atoms with van der Waals surface area (Å²) in [5, 5.41) is 14.2. The average Bonchev–Trinajstić information content (AvgIpc) is 2.59. The maximum Gasteiger partial charge on any atom is 0.253 e. The van der Waals surface area contributed by atoms with Crippen molar-refractivity contribution in [2.75, 3.05) is 18.0 Å². The molecule has 2 aromatic heterocycles. The molecular weight excluding hydrogens is 340 g/mol. The van der Waals surface area contributed by atoms with Gasteiger partial charge in [0.15, 0.2) is 5.65 Å². The van der Waals surface area contributed by atoms with E-state index in [1.54, 1.807) is 6.20 Å². The lowest BCUT2D eigenvalue weighted by molar-refractivity contribution is -0.00257. The van der Waals surface area contributed by atoms with E-state index in [-0.39, 0.29) is 11.9 Å². The molecule has 2 aliphatic rings. The number of aliphatic hydroxyl groups is 1. The molecule has 1 aliphatic carbocycles. The maximum atomic E-state index is 12.6. The topological polar surface area (TPSA) is 78.3 Å². The van der Waals surface area contributed by atoms with Gasteiger partial charge >= 0.3 is 0 Å². The van der Waals surface area contributed by atoms with E-state index in [0.29, 0.717) is 17.1 Å². The molecule has 1 saturated carbocycles. The number of amides is 1. The summed E-state index contributed by atoms with van der Waals surface area (Å²) in [5.41, 5.74) is 0.617. The summed E-state index contributed by atoms with van der Waals surface area (Å²) in [6, 6.07) is 6.03. The largest absolute Gasteiger partial charge is 0.390 e. The second-order valence-corrected chi connectivity index (χ2v) is 8.46. The van der Waals surface area contributed by atoms with Crippen molar-refractivity contribution in [3.63, 3.8) is 0 Å². The summed E-state index contributed by atoms with van der Waals surface area (Å²) in [5.74, 6) is 1.18. The van der Waals surface area contributed by atoms with Crippen molar-refractivity contribution in [1.82, 2.24) is 15.3 Å². The fraction of sp³-hybridized carbons (Fsp3) is 0.571. The molecule has 2 N–H and O–H groups in total. The van der Waals surface area contributed by atoms with Crippen molar-refractivity contribution >= 4 is 22.8 Å². The normalized spacial score (nSPS) is 23.1. The van der Waals surface area contributed by atoms with E-state index >= 15 is 0 Å². The number of pyridine rings is 2. The summed E-state index contributed by atoms with van der Waals surface area (Å²) in [7, 11) is 0. The molecule has 0 radical (unpaired) electrons. The van der Waals surface area contributed by atoms with Crippen molar-refractivity contribution in [3.8, 4) is 0 Å². The number of hydrogen-bond donors (Lipinski definition) is 2. The highest BCUT2D eigenvalue weighted by Crippen LogP contribution is 2.32. The average molecular weight is 368 g/mol. The predicted molar refractivity (Wildman–Crippen MR) is 106 cm³/mol. The lowest BCUT2D eigenvalue weighted by Crippen LogP contribution is -2.41. The SMILES string of the molecule is CC(C)(O)C1CCC(NC(=O)c2cnc3nc(N4CCC4)ccc3c2)CC1. The Bertz CT molecular complexity index is 834. The number of rotatable bonds is 4. The highest BCUT2D eigenvalue weighted by atomic mass is 16.3. The summed E-state index contributed by atoms with van der Waals surface area (Å²) >= 11 is 0. The number of hydrogen-bond acceptors (Lipinski definition) is 5. The molecule has 27 heavy (non-hydrogen) atoms. The minimum absolute atomic E-state index is 0.0806. The van der Waals surface area contributed by atoms with Crippen LogP contribution in [0, 0.1) is 5.92 Å². The first-order valence-corrected chi connectivity index (χ1v) is 9.95. The second kappa shape index (κ2) is 7.08. The first kappa shape index (κ1) is 18.2. The number of aromatic nitrogens is 2. The molecule has 0 spiro atoms. The molecule has 0 aromatic carbocycles. The molecule has 4 rings (SSSR count). The Morgan fingerprint density at radius 2 is 1.96 bits per heavy atom. The molecule has 2 fully saturated rings. The zero-order valence-corrected chi connectivity index (χ0v) is 16.1. The number of carbonyl (C=O) groups is 1. The Balaban J connectivity index is 1.41. The van der Waals surface area contributed by atoms with Crippen LogP contribution < -0.4 is 10.2 Å². The summed E-state index contributed by atoms with van der Waals surface area (Å²) in [6.07, 6.45) is 6.52. The van der Waals surface area contributed by atoms with Crippen LogP contribution in [0.5, 0.6) is 0 Å². The summed E-state index contributed by atoms with van der Waals surface area (Å²) in [6.45, 7) is 5.85. The van der Waals surface area contributed by atoms with Crippen LogP contribution in [0.4, 0.5) is 5.82 Å². The molecule has 1 aliphatic heterocycles. The lowest BCUT2D eigenvalue weighted by atomic mass is 9.77. The van der Waals surface area contributed by atoms with E-state index in [1.165, 1.54) is 6.42 Å². The van der Waals surface area contributed by atoms with Gasteiger partial charge in [0.25, 0.3) is 5.91 Å². The van der Waals surface area contributed by atoms with Gasteiger partial charge in [0, 0.05) is 30.7 Å². The van der Waals surface area contributed by atoms with Crippen LogP contribution in [-0.2, 0) is 0 Å². The first-order chi connectivity index (χ1) is 12.9. The fourth-order valence-corrected chi connectivity index (χ4v) is 4.06. The highest BCUT2D eigenvalue weighted by molar-refractivity contribution is 5.97. The van der Waals surface area contributed by atoms with Gasteiger partial charge in [-0.3, -0.25) is 4.79 Å². The quantitative estimate of drug-likeness (QED) is 0.868. The molecule has 2 aromatic rings.